The van der Waals surface area contributed by atoms with Crippen LogP contribution in [0.15, 0.2) is 30.3 Å². The number of aliphatic hydroxyl groups is 3. The maximum Gasteiger partial charge on any atom is 0.240 e. The van der Waals surface area contributed by atoms with Crippen molar-refractivity contribution in [3.63, 3.8) is 0 Å². The highest BCUT2D eigenvalue weighted by atomic mass is 35.5. The van der Waals surface area contributed by atoms with E-state index < -0.39 is 53.4 Å². The summed E-state index contributed by atoms with van der Waals surface area (Å²) in [6.07, 6.45) is -1.24. The first-order valence-electron chi connectivity index (χ1n) is 11.7. The molecular weight excluding hydrogens is 499 g/mol. The lowest BCUT2D eigenvalue weighted by Gasteiger charge is -2.44. The number of hydrogen-bond acceptors (Lipinski definition) is 8. The highest BCUT2D eigenvalue weighted by molar-refractivity contribution is 7.99. The zero-order chi connectivity index (χ0) is 25.3. The number of fused-ring (bicyclic) bond motifs is 1. The average molecular weight is 531 g/mol. The number of carbonyl (C=O) groups excluding carboxylic acids is 1. The van der Waals surface area contributed by atoms with Crippen LogP contribution in [0.5, 0.6) is 0 Å². The molecule has 5 N–H and O–H groups in total. The van der Waals surface area contributed by atoms with Gasteiger partial charge < -0.3 is 35.4 Å². The minimum absolute atomic E-state index is 0.0900. The summed E-state index contributed by atoms with van der Waals surface area (Å²) in [7, 11) is 0. The van der Waals surface area contributed by atoms with Crippen LogP contribution in [0.3, 0.4) is 0 Å². The van der Waals surface area contributed by atoms with Crippen molar-refractivity contribution in [3.8, 4) is 0 Å². The van der Waals surface area contributed by atoms with Crippen LogP contribution < -0.4 is 10.6 Å². The summed E-state index contributed by atoms with van der Waals surface area (Å²) in [5.41, 5.74) is 0.992. The molecule has 8 nitrogen and oxygen atoms in total. The van der Waals surface area contributed by atoms with E-state index in [9.17, 15) is 24.5 Å². The molecule has 10 unspecified atom stereocenters. The first kappa shape index (κ1) is 26.8. The van der Waals surface area contributed by atoms with Crippen molar-refractivity contribution in [2.75, 3.05) is 19.4 Å². The number of amides is 1. The van der Waals surface area contributed by atoms with Gasteiger partial charge in [-0.15, -0.1) is 23.4 Å². The van der Waals surface area contributed by atoms with Crippen LogP contribution in [0.2, 0.25) is 0 Å². The fraction of sp³-hybridized carbons (Fsp3) is 0.625. The van der Waals surface area contributed by atoms with Gasteiger partial charge >= 0.3 is 0 Å². The standard InChI is InChI=1S/C24H32ClFN2O6S/c1-11(25)16(22-19(30)18(29)20(31)24(34-22)35-2)28-23(32)17-21-14(10-27-17)8-13(6-7-33-21)12-4-3-5-15(26)9-12/h3-5,8-9,11,14,16-22,24,27,29-31H,6-7,10H2,1-2H3,(H,28,32). The van der Waals surface area contributed by atoms with Gasteiger partial charge in [0.05, 0.1) is 24.1 Å². The average Bonchev–Trinajstić information content (AvgIpc) is 3.11. The van der Waals surface area contributed by atoms with Crippen molar-refractivity contribution in [1.82, 2.24) is 10.6 Å². The SMILES string of the molecule is CSC1OC(C(NC(=O)C2NCC3C=C(c4cccc(F)c4)CCOC32)C(C)Cl)C(O)C(O)C1O. The highest BCUT2D eigenvalue weighted by Gasteiger charge is 2.49. The lowest BCUT2D eigenvalue weighted by molar-refractivity contribution is -0.205. The molecule has 35 heavy (non-hydrogen) atoms. The van der Waals surface area contributed by atoms with E-state index in [-0.39, 0.29) is 17.6 Å². The zero-order valence-corrected chi connectivity index (χ0v) is 21.1. The summed E-state index contributed by atoms with van der Waals surface area (Å²) >= 11 is 7.57. The molecule has 0 bridgehead atoms. The van der Waals surface area contributed by atoms with E-state index >= 15 is 0 Å². The Balaban J connectivity index is 1.48. The van der Waals surface area contributed by atoms with Crippen molar-refractivity contribution in [2.45, 2.75) is 66.8 Å². The van der Waals surface area contributed by atoms with Crippen LogP contribution in [0.1, 0.15) is 18.9 Å². The number of carbonyl (C=O) groups is 1. The Morgan fingerprint density at radius 1 is 1.29 bits per heavy atom. The van der Waals surface area contributed by atoms with Crippen molar-refractivity contribution < 1.29 is 34.0 Å². The Labute approximate surface area is 213 Å². The van der Waals surface area contributed by atoms with Crippen LogP contribution in [0, 0.1) is 11.7 Å². The summed E-state index contributed by atoms with van der Waals surface area (Å²) in [4.78, 5) is 13.3. The molecule has 4 rings (SSSR count). The number of hydrogen-bond donors (Lipinski definition) is 5. The maximum atomic E-state index is 13.7. The summed E-state index contributed by atoms with van der Waals surface area (Å²) in [5, 5.41) is 36.5. The maximum absolute atomic E-state index is 13.7. The van der Waals surface area contributed by atoms with Gasteiger partial charge in [0.1, 0.15) is 41.7 Å². The molecule has 1 aromatic carbocycles. The molecule has 194 valence electrons. The van der Waals surface area contributed by atoms with E-state index in [4.69, 9.17) is 21.1 Å². The van der Waals surface area contributed by atoms with Crippen LogP contribution in [0.4, 0.5) is 4.39 Å². The Morgan fingerprint density at radius 2 is 2.06 bits per heavy atom. The molecule has 3 aliphatic rings. The number of benzene rings is 1. The van der Waals surface area contributed by atoms with Crippen molar-refractivity contribution in [2.24, 2.45) is 5.92 Å². The van der Waals surface area contributed by atoms with Crippen molar-refractivity contribution in [1.29, 1.82) is 0 Å². The number of aliphatic hydroxyl groups excluding tert-OH is 3. The van der Waals surface area contributed by atoms with E-state index in [1.54, 1.807) is 19.2 Å². The molecule has 0 saturated carbocycles. The number of alkyl halides is 1. The zero-order valence-electron chi connectivity index (χ0n) is 19.5. The van der Waals surface area contributed by atoms with Gasteiger partial charge in [-0.2, -0.15) is 0 Å². The minimum atomic E-state index is -1.44. The molecule has 2 saturated heterocycles. The molecule has 3 heterocycles. The van der Waals surface area contributed by atoms with Crippen molar-refractivity contribution in [3.05, 3.63) is 41.7 Å². The van der Waals surface area contributed by atoms with E-state index in [2.05, 4.69) is 10.6 Å². The summed E-state index contributed by atoms with van der Waals surface area (Å²) in [6, 6.07) is 4.92. The molecule has 10 atom stereocenters. The Kier molecular flexibility index (Phi) is 8.76. The van der Waals surface area contributed by atoms with Crippen LogP contribution in [0.25, 0.3) is 5.57 Å². The predicted molar refractivity (Wildman–Crippen MR) is 131 cm³/mol. The lowest BCUT2D eigenvalue weighted by atomic mass is 9.92. The van der Waals surface area contributed by atoms with Gasteiger partial charge in [-0.3, -0.25) is 4.79 Å². The first-order valence-corrected chi connectivity index (χ1v) is 13.4. The lowest BCUT2D eigenvalue weighted by Crippen LogP contribution is -2.65. The summed E-state index contributed by atoms with van der Waals surface area (Å²) in [5.74, 6) is -0.760. The second-order valence-electron chi connectivity index (χ2n) is 9.23. The second-order valence-corrected chi connectivity index (χ2v) is 10.9. The largest absolute Gasteiger partial charge is 0.388 e. The number of ether oxygens (including phenoxy) is 2. The van der Waals surface area contributed by atoms with Gasteiger partial charge in [0.2, 0.25) is 5.91 Å². The molecule has 3 aliphatic heterocycles. The Bertz CT molecular complexity index is 937. The topological polar surface area (TPSA) is 120 Å². The number of halogens is 2. The smallest absolute Gasteiger partial charge is 0.240 e. The first-order chi connectivity index (χ1) is 16.7. The van der Waals surface area contributed by atoms with Gasteiger partial charge in [0, 0.05) is 12.5 Å². The monoisotopic (exact) mass is 530 g/mol. The van der Waals surface area contributed by atoms with Gasteiger partial charge in [-0.1, -0.05) is 18.2 Å². The van der Waals surface area contributed by atoms with Crippen LogP contribution >= 0.6 is 23.4 Å². The molecule has 0 aliphatic carbocycles. The van der Waals surface area contributed by atoms with E-state index in [0.29, 0.717) is 19.6 Å². The van der Waals surface area contributed by atoms with E-state index in [1.165, 1.54) is 23.9 Å². The Hall–Kier alpha value is -1.24. The minimum Gasteiger partial charge on any atom is -0.388 e. The molecule has 1 amide bonds. The molecule has 0 radical (unpaired) electrons. The third-order valence-corrected chi connectivity index (χ3v) is 8.02. The van der Waals surface area contributed by atoms with Gasteiger partial charge in [0.25, 0.3) is 0 Å². The highest BCUT2D eigenvalue weighted by Crippen LogP contribution is 2.32. The molecule has 1 aromatic rings. The third kappa shape index (κ3) is 5.70. The Morgan fingerprint density at radius 3 is 2.74 bits per heavy atom. The fourth-order valence-electron chi connectivity index (χ4n) is 5.01. The van der Waals surface area contributed by atoms with Gasteiger partial charge in [0.15, 0.2) is 0 Å². The predicted octanol–water partition coefficient (Wildman–Crippen LogP) is 0.869. The van der Waals surface area contributed by atoms with Gasteiger partial charge in [-0.05, 0) is 42.9 Å². The van der Waals surface area contributed by atoms with E-state index in [1.807, 2.05) is 12.1 Å². The normalized spacial score (nSPS) is 37.1. The summed E-state index contributed by atoms with van der Waals surface area (Å²) in [6.45, 7) is 2.55. The summed E-state index contributed by atoms with van der Waals surface area (Å²) < 4.78 is 25.6. The fourth-order valence-corrected chi connectivity index (χ4v) is 5.90. The number of thioether (sulfide) groups is 1. The van der Waals surface area contributed by atoms with Crippen LogP contribution in [-0.2, 0) is 14.3 Å². The van der Waals surface area contributed by atoms with E-state index in [0.717, 1.165) is 11.1 Å². The van der Waals surface area contributed by atoms with Crippen LogP contribution in [-0.4, -0.2) is 94.1 Å². The van der Waals surface area contributed by atoms with Gasteiger partial charge in [-0.25, -0.2) is 4.39 Å². The molecule has 0 spiro atoms. The molecular formula is C24H32ClFN2O6S. The number of nitrogens with one attached hydrogen (secondary N) is 2. The quantitative estimate of drug-likeness (QED) is 0.344. The third-order valence-electron chi connectivity index (χ3n) is 6.90. The molecule has 11 heteroatoms. The van der Waals surface area contributed by atoms with Crippen molar-refractivity contribution >= 4 is 34.8 Å². The molecule has 2 fully saturated rings. The number of rotatable bonds is 6. The second kappa shape index (κ2) is 11.4. The molecule has 0 aromatic heterocycles.